The van der Waals surface area contributed by atoms with Gasteiger partial charge in [0.25, 0.3) is 0 Å². The molecule has 60 heavy (non-hydrogen) atoms. The minimum absolute atomic E-state index is 0.252. The molecule has 0 amide bonds. The Kier molecular flexibility index (Phi) is 10.3. The summed E-state index contributed by atoms with van der Waals surface area (Å²) in [5, 5.41) is 0. The maximum atomic E-state index is 4.01. The molecule has 4 aliphatic rings. The molecule has 7 aromatic rings. The lowest BCUT2D eigenvalue weighted by molar-refractivity contribution is -0.0281. The summed E-state index contributed by atoms with van der Waals surface area (Å²) in [4.78, 5) is 4.76. The second-order valence-corrected chi connectivity index (χ2v) is 18.1. The van der Waals surface area contributed by atoms with Crippen molar-refractivity contribution in [2.24, 2.45) is 11.8 Å². The SMILES string of the molecule is C=Cc1ccc(C23CC4CC(C2)CC(c2ccc(N(c5ccc(CCCC)cc5)c5ccc(-c6ccc(N(c7ccccc7)c7ccccc7)cc6)cc5)cc2)(C4)C3)cc1. The van der Waals surface area contributed by atoms with E-state index in [1.165, 1.54) is 90.7 Å². The van der Waals surface area contributed by atoms with Crippen molar-refractivity contribution >= 4 is 40.2 Å². The van der Waals surface area contributed by atoms with E-state index in [9.17, 15) is 0 Å². The highest BCUT2D eigenvalue weighted by Gasteiger charge is 2.58. The molecule has 2 nitrogen and oxygen atoms in total. The number of hydrogen-bond acceptors (Lipinski definition) is 2. The molecule has 2 unspecified atom stereocenters. The molecule has 298 valence electrons. The summed E-state index contributed by atoms with van der Waals surface area (Å²) < 4.78 is 0. The average molecular weight is 781 g/mol. The highest BCUT2D eigenvalue weighted by Crippen LogP contribution is 2.66. The number of hydrogen-bond donors (Lipinski definition) is 0. The van der Waals surface area contributed by atoms with Crippen LogP contribution >= 0.6 is 0 Å². The number of rotatable bonds is 13. The van der Waals surface area contributed by atoms with Crippen molar-refractivity contribution in [2.45, 2.75) is 75.5 Å². The Labute approximate surface area is 357 Å². The first-order valence-corrected chi connectivity index (χ1v) is 22.3. The fourth-order valence-corrected chi connectivity index (χ4v) is 11.7. The van der Waals surface area contributed by atoms with Gasteiger partial charge in [-0.2, -0.15) is 0 Å². The zero-order valence-electron chi connectivity index (χ0n) is 35.0. The first-order valence-electron chi connectivity index (χ1n) is 22.3. The maximum Gasteiger partial charge on any atom is 0.0462 e. The maximum absolute atomic E-state index is 4.01. The smallest absolute Gasteiger partial charge is 0.0462 e. The number of aryl methyl sites for hydroxylation is 1. The van der Waals surface area contributed by atoms with Gasteiger partial charge in [-0.05, 0) is 180 Å². The molecule has 0 saturated heterocycles. The third-order valence-electron chi connectivity index (χ3n) is 14.2. The predicted octanol–water partition coefficient (Wildman–Crippen LogP) is 16.1. The molecular formula is C58H56N2. The molecule has 2 atom stereocenters. The normalized spacial score (nSPS) is 21.4. The van der Waals surface area contributed by atoms with Gasteiger partial charge >= 0.3 is 0 Å². The number of anilines is 6. The molecular weight excluding hydrogens is 725 g/mol. The predicted molar refractivity (Wildman–Crippen MR) is 254 cm³/mol. The number of nitrogens with zero attached hydrogens (tertiary/aromatic N) is 2. The van der Waals surface area contributed by atoms with E-state index in [1.807, 2.05) is 6.08 Å². The quantitative estimate of drug-likeness (QED) is 0.115. The first-order chi connectivity index (χ1) is 29.5. The lowest BCUT2D eigenvalue weighted by atomic mass is 9.42. The van der Waals surface area contributed by atoms with Gasteiger partial charge in [-0.15, -0.1) is 0 Å². The van der Waals surface area contributed by atoms with Crippen molar-refractivity contribution in [1.29, 1.82) is 0 Å². The third kappa shape index (κ3) is 7.27. The van der Waals surface area contributed by atoms with Gasteiger partial charge in [0.2, 0.25) is 0 Å². The highest BCUT2D eigenvalue weighted by atomic mass is 15.1. The first kappa shape index (κ1) is 38.1. The van der Waals surface area contributed by atoms with Crippen LogP contribution in [0.4, 0.5) is 34.1 Å². The Hall–Kier alpha value is -6.12. The van der Waals surface area contributed by atoms with Crippen molar-refractivity contribution < 1.29 is 0 Å². The van der Waals surface area contributed by atoms with Gasteiger partial charge in [0.15, 0.2) is 0 Å². The van der Waals surface area contributed by atoms with Gasteiger partial charge in [-0.3, -0.25) is 0 Å². The van der Waals surface area contributed by atoms with Gasteiger partial charge in [0.1, 0.15) is 0 Å². The van der Waals surface area contributed by atoms with Crippen molar-refractivity contribution in [3.8, 4) is 11.1 Å². The van der Waals surface area contributed by atoms with Gasteiger partial charge in [0.05, 0.1) is 0 Å². The lowest BCUT2D eigenvalue weighted by Crippen LogP contribution is -2.55. The van der Waals surface area contributed by atoms with Gasteiger partial charge in [-0.25, -0.2) is 0 Å². The van der Waals surface area contributed by atoms with E-state index in [-0.39, 0.29) is 5.41 Å². The van der Waals surface area contributed by atoms with Crippen LogP contribution in [-0.4, -0.2) is 0 Å². The van der Waals surface area contributed by atoms with E-state index in [1.54, 1.807) is 11.1 Å². The monoisotopic (exact) mass is 780 g/mol. The van der Waals surface area contributed by atoms with E-state index < -0.39 is 0 Å². The van der Waals surface area contributed by atoms with Crippen LogP contribution in [-0.2, 0) is 17.3 Å². The zero-order valence-corrected chi connectivity index (χ0v) is 35.0. The molecule has 0 N–H and O–H groups in total. The van der Waals surface area contributed by atoms with E-state index >= 15 is 0 Å². The van der Waals surface area contributed by atoms with Crippen LogP contribution in [0.3, 0.4) is 0 Å². The Balaban J connectivity index is 0.949. The van der Waals surface area contributed by atoms with Crippen LogP contribution in [0.15, 0.2) is 189 Å². The molecule has 0 aliphatic heterocycles. The Morgan fingerprint density at radius 3 is 1.28 bits per heavy atom. The number of unbranched alkanes of at least 4 members (excludes halogenated alkanes) is 1. The molecule has 4 bridgehead atoms. The molecule has 4 fully saturated rings. The van der Waals surface area contributed by atoms with Gasteiger partial charge in [-0.1, -0.05) is 135 Å². The summed E-state index contributed by atoms with van der Waals surface area (Å²) in [5.74, 6) is 1.63. The van der Waals surface area contributed by atoms with E-state index in [0.717, 1.165) is 35.3 Å². The average Bonchev–Trinajstić information content (AvgIpc) is 3.30. The minimum atomic E-state index is 0.252. The summed E-state index contributed by atoms with van der Waals surface area (Å²) in [6.45, 7) is 6.28. The Bertz CT molecular complexity index is 2470. The largest absolute Gasteiger partial charge is 0.311 e. The molecule has 2 heteroatoms. The summed E-state index contributed by atoms with van der Waals surface area (Å²) in [6, 6.07) is 67.8. The number of benzene rings is 7. The second kappa shape index (κ2) is 16.1. The summed E-state index contributed by atoms with van der Waals surface area (Å²) in [6.07, 6.45) is 13.5. The standard InChI is InChI=1S/C58H56N2/c1-3-5-12-44-19-29-53(30-20-44)60(55-33-23-48(24-34-55)47-21-31-54(32-22-47)59(51-13-8-6-9-14-51)52-15-10-7-11-16-52)56-35-27-50(28-36-56)58-40-45-37-46(41-58)39-57(38-45,42-58)49-25-17-43(4-2)18-26-49/h4,6-11,13-36,45-46H,2-3,5,12,37-42H2,1H3. The van der Waals surface area contributed by atoms with Crippen LogP contribution < -0.4 is 9.80 Å². The van der Waals surface area contributed by atoms with Crippen LogP contribution in [0.25, 0.3) is 17.2 Å². The van der Waals surface area contributed by atoms with Crippen molar-refractivity contribution in [3.63, 3.8) is 0 Å². The molecule has 0 heterocycles. The highest BCUT2D eigenvalue weighted by molar-refractivity contribution is 5.81. The van der Waals surface area contributed by atoms with Crippen LogP contribution in [0, 0.1) is 11.8 Å². The zero-order chi connectivity index (χ0) is 40.5. The fraction of sp³-hybridized carbons (Fsp3) is 0.241. The van der Waals surface area contributed by atoms with Gasteiger partial charge < -0.3 is 9.80 Å². The Morgan fingerprint density at radius 2 is 0.867 bits per heavy atom. The van der Waals surface area contributed by atoms with Crippen molar-refractivity contribution in [3.05, 3.63) is 211 Å². The van der Waals surface area contributed by atoms with E-state index in [0.29, 0.717) is 5.41 Å². The Morgan fingerprint density at radius 1 is 0.483 bits per heavy atom. The third-order valence-corrected chi connectivity index (χ3v) is 14.2. The van der Waals surface area contributed by atoms with E-state index in [4.69, 9.17) is 0 Å². The van der Waals surface area contributed by atoms with Crippen LogP contribution in [0.5, 0.6) is 0 Å². The molecule has 0 radical (unpaired) electrons. The molecule has 0 aromatic heterocycles. The summed E-state index contributed by atoms with van der Waals surface area (Å²) in [5.41, 5.74) is 15.7. The molecule has 7 aromatic carbocycles. The van der Waals surface area contributed by atoms with Crippen LogP contribution in [0.2, 0.25) is 0 Å². The van der Waals surface area contributed by atoms with Crippen molar-refractivity contribution in [1.82, 2.24) is 0 Å². The topological polar surface area (TPSA) is 6.48 Å². The second-order valence-electron chi connectivity index (χ2n) is 18.1. The van der Waals surface area contributed by atoms with Crippen LogP contribution in [0.1, 0.15) is 80.5 Å². The van der Waals surface area contributed by atoms with Gasteiger partial charge in [0, 0.05) is 34.1 Å². The molecule has 0 spiro atoms. The lowest BCUT2D eigenvalue weighted by Gasteiger charge is -2.63. The van der Waals surface area contributed by atoms with Crippen molar-refractivity contribution in [2.75, 3.05) is 9.80 Å². The molecule has 11 rings (SSSR count). The minimum Gasteiger partial charge on any atom is -0.311 e. The van der Waals surface area contributed by atoms with E-state index in [2.05, 4.69) is 205 Å². The number of para-hydroxylation sites is 2. The summed E-state index contributed by atoms with van der Waals surface area (Å²) >= 11 is 0. The molecule has 4 saturated carbocycles. The fourth-order valence-electron chi connectivity index (χ4n) is 11.7. The summed E-state index contributed by atoms with van der Waals surface area (Å²) in [7, 11) is 0. The molecule has 4 aliphatic carbocycles.